The average molecular weight is 370 g/mol. The number of likely N-dealkylation sites (tertiary alicyclic amines) is 1. The standard InChI is InChI=1S/C20H26N4O3/c25-19(14-24-15-21-18-7-2-1-6-17(18)20(24)26)23-10-5-11-27-16(13-23)12-22-8-3-4-9-22/h1-2,6-7,15-16H,3-5,8-14H2/t16-/m0/s1. The predicted molar refractivity (Wildman–Crippen MR) is 103 cm³/mol. The third-order valence-electron chi connectivity index (χ3n) is 5.40. The number of aromatic nitrogens is 2. The second-order valence-electron chi connectivity index (χ2n) is 7.39. The first kappa shape index (κ1) is 18.1. The van der Waals surface area contributed by atoms with Gasteiger partial charge in [0.15, 0.2) is 0 Å². The molecule has 0 saturated carbocycles. The van der Waals surface area contributed by atoms with Gasteiger partial charge in [0.05, 0.1) is 23.3 Å². The molecule has 2 saturated heterocycles. The Kier molecular flexibility index (Phi) is 5.50. The molecule has 1 aromatic heterocycles. The molecule has 2 fully saturated rings. The van der Waals surface area contributed by atoms with Crippen LogP contribution < -0.4 is 5.56 Å². The molecule has 0 N–H and O–H groups in total. The van der Waals surface area contributed by atoms with Gasteiger partial charge < -0.3 is 14.5 Å². The first-order valence-electron chi connectivity index (χ1n) is 9.76. The Hall–Kier alpha value is -2.25. The molecule has 1 atom stereocenters. The Bertz CT molecular complexity index is 860. The Morgan fingerprint density at radius 2 is 1.96 bits per heavy atom. The fourth-order valence-electron chi connectivity index (χ4n) is 3.95. The third kappa shape index (κ3) is 4.20. The summed E-state index contributed by atoms with van der Waals surface area (Å²) in [5.41, 5.74) is 0.480. The van der Waals surface area contributed by atoms with Gasteiger partial charge in [0, 0.05) is 26.2 Å². The molecule has 0 bridgehead atoms. The van der Waals surface area contributed by atoms with Crippen LogP contribution in [0.5, 0.6) is 0 Å². The second-order valence-corrected chi connectivity index (χ2v) is 7.39. The summed E-state index contributed by atoms with van der Waals surface area (Å²) in [7, 11) is 0. The van der Waals surface area contributed by atoms with Crippen molar-refractivity contribution in [2.45, 2.75) is 31.9 Å². The van der Waals surface area contributed by atoms with Crippen LogP contribution in [0.3, 0.4) is 0 Å². The van der Waals surface area contributed by atoms with E-state index in [1.165, 1.54) is 23.7 Å². The Morgan fingerprint density at radius 3 is 2.81 bits per heavy atom. The average Bonchev–Trinajstić information content (AvgIpc) is 3.08. The number of para-hydroxylation sites is 1. The maximum absolute atomic E-state index is 12.9. The van der Waals surface area contributed by atoms with Gasteiger partial charge >= 0.3 is 0 Å². The van der Waals surface area contributed by atoms with Gasteiger partial charge in [-0.05, 0) is 44.5 Å². The molecule has 0 unspecified atom stereocenters. The highest BCUT2D eigenvalue weighted by Crippen LogP contribution is 2.13. The van der Waals surface area contributed by atoms with E-state index in [-0.39, 0.29) is 24.1 Å². The Labute approximate surface area is 158 Å². The second kappa shape index (κ2) is 8.19. The summed E-state index contributed by atoms with van der Waals surface area (Å²) in [4.78, 5) is 34.0. The lowest BCUT2D eigenvalue weighted by Crippen LogP contribution is -2.43. The van der Waals surface area contributed by atoms with E-state index in [9.17, 15) is 9.59 Å². The van der Waals surface area contributed by atoms with Gasteiger partial charge in [0.1, 0.15) is 6.54 Å². The molecule has 7 heteroatoms. The molecule has 3 heterocycles. The number of hydrogen-bond acceptors (Lipinski definition) is 5. The van der Waals surface area contributed by atoms with Gasteiger partial charge in [-0.2, -0.15) is 0 Å². The topological polar surface area (TPSA) is 67.7 Å². The first-order chi connectivity index (χ1) is 13.2. The van der Waals surface area contributed by atoms with E-state index in [0.717, 1.165) is 26.1 Å². The van der Waals surface area contributed by atoms with Crippen molar-refractivity contribution in [3.8, 4) is 0 Å². The van der Waals surface area contributed by atoms with Crippen molar-refractivity contribution < 1.29 is 9.53 Å². The van der Waals surface area contributed by atoms with Crippen LogP contribution in [-0.4, -0.2) is 70.7 Å². The van der Waals surface area contributed by atoms with Gasteiger partial charge in [-0.1, -0.05) is 12.1 Å². The minimum absolute atomic E-state index is 0.0209. The summed E-state index contributed by atoms with van der Waals surface area (Å²) in [5, 5.41) is 0.541. The van der Waals surface area contributed by atoms with Crippen LogP contribution in [0.25, 0.3) is 10.9 Å². The van der Waals surface area contributed by atoms with Crippen LogP contribution in [0.15, 0.2) is 35.4 Å². The molecular weight excluding hydrogens is 344 g/mol. The highest BCUT2D eigenvalue weighted by Gasteiger charge is 2.25. The number of benzene rings is 1. The Morgan fingerprint density at radius 1 is 1.15 bits per heavy atom. The van der Waals surface area contributed by atoms with Gasteiger partial charge in [0.25, 0.3) is 5.56 Å². The SMILES string of the molecule is O=C(Cn1cnc2ccccc2c1=O)N1CCCO[C@@H](CN2CCCC2)C1. The van der Waals surface area contributed by atoms with Crippen LogP contribution in [-0.2, 0) is 16.1 Å². The number of carbonyl (C=O) groups is 1. The van der Waals surface area contributed by atoms with Gasteiger partial charge in [0.2, 0.25) is 5.91 Å². The number of rotatable bonds is 4. The van der Waals surface area contributed by atoms with E-state index in [4.69, 9.17) is 4.74 Å². The van der Waals surface area contributed by atoms with Crippen LogP contribution >= 0.6 is 0 Å². The summed E-state index contributed by atoms with van der Waals surface area (Å²) in [6.45, 7) is 5.07. The van der Waals surface area contributed by atoms with E-state index in [1.807, 2.05) is 17.0 Å². The molecule has 7 nitrogen and oxygen atoms in total. The maximum Gasteiger partial charge on any atom is 0.261 e. The summed E-state index contributed by atoms with van der Waals surface area (Å²) in [5.74, 6) is -0.0499. The summed E-state index contributed by atoms with van der Waals surface area (Å²) >= 11 is 0. The fourth-order valence-corrected chi connectivity index (χ4v) is 3.95. The highest BCUT2D eigenvalue weighted by molar-refractivity contribution is 5.79. The molecule has 1 aromatic carbocycles. The normalized spacial score (nSPS) is 21.5. The number of hydrogen-bond donors (Lipinski definition) is 0. The molecule has 144 valence electrons. The van der Waals surface area contributed by atoms with Crippen LogP contribution in [0.2, 0.25) is 0 Å². The molecule has 27 heavy (non-hydrogen) atoms. The van der Waals surface area contributed by atoms with Crippen molar-refractivity contribution in [1.82, 2.24) is 19.4 Å². The smallest absolute Gasteiger partial charge is 0.261 e. The molecule has 2 aromatic rings. The van der Waals surface area contributed by atoms with Crippen molar-refractivity contribution in [2.75, 3.05) is 39.3 Å². The van der Waals surface area contributed by atoms with Crippen LogP contribution in [0, 0.1) is 0 Å². The van der Waals surface area contributed by atoms with Crippen molar-refractivity contribution >= 4 is 16.8 Å². The zero-order chi connectivity index (χ0) is 18.6. The van der Waals surface area contributed by atoms with Crippen molar-refractivity contribution in [3.05, 3.63) is 40.9 Å². The summed E-state index contributed by atoms with van der Waals surface area (Å²) in [6, 6.07) is 7.21. The Balaban J connectivity index is 1.45. The summed E-state index contributed by atoms with van der Waals surface area (Å²) in [6.07, 6.45) is 4.83. The van der Waals surface area contributed by atoms with Gasteiger partial charge in [-0.25, -0.2) is 4.98 Å². The monoisotopic (exact) mass is 370 g/mol. The lowest BCUT2D eigenvalue weighted by Gasteiger charge is -2.27. The predicted octanol–water partition coefficient (Wildman–Crippen LogP) is 1.11. The largest absolute Gasteiger partial charge is 0.375 e. The van der Waals surface area contributed by atoms with Crippen LogP contribution in [0.4, 0.5) is 0 Å². The van der Waals surface area contributed by atoms with Crippen molar-refractivity contribution in [2.24, 2.45) is 0 Å². The lowest BCUT2D eigenvalue weighted by molar-refractivity contribution is -0.132. The van der Waals surface area contributed by atoms with Crippen molar-refractivity contribution in [1.29, 1.82) is 0 Å². The van der Waals surface area contributed by atoms with Gasteiger partial charge in [-0.15, -0.1) is 0 Å². The molecule has 4 rings (SSSR count). The number of nitrogens with zero attached hydrogens (tertiary/aromatic N) is 4. The molecule has 1 amide bonds. The minimum atomic E-state index is -0.173. The van der Waals surface area contributed by atoms with E-state index in [2.05, 4.69) is 9.88 Å². The van der Waals surface area contributed by atoms with Crippen LogP contribution in [0.1, 0.15) is 19.3 Å². The molecule has 0 spiro atoms. The zero-order valence-corrected chi connectivity index (χ0v) is 15.5. The van der Waals surface area contributed by atoms with Crippen molar-refractivity contribution in [3.63, 3.8) is 0 Å². The highest BCUT2D eigenvalue weighted by atomic mass is 16.5. The van der Waals surface area contributed by atoms with E-state index in [1.54, 1.807) is 12.1 Å². The number of fused-ring (bicyclic) bond motifs is 1. The zero-order valence-electron chi connectivity index (χ0n) is 15.5. The molecule has 2 aliphatic rings. The third-order valence-corrected chi connectivity index (χ3v) is 5.40. The van der Waals surface area contributed by atoms with E-state index < -0.39 is 0 Å². The number of ether oxygens (including phenoxy) is 1. The van der Waals surface area contributed by atoms with Gasteiger partial charge in [-0.3, -0.25) is 14.2 Å². The first-order valence-corrected chi connectivity index (χ1v) is 9.76. The lowest BCUT2D eigenvalue weighted by atomic mass is 10.2. The molecule has 0 radical (unpaired) electrons. The molecular formula is C20H26N4O3. The number of carbonyl (C=O) groups excluding carboxylic acids is 1. The van der Waals surface area contributed by atoms with E-state index in [0.29, 0.717) is 30.6 Å². The maximum atomic E-state index is 12.9. The fraction of sp³-hybridized carbons (Fsp3) is 0.550. The molecule has 2 aliphatic heterocycles. The molecule has 0 aliphatic carbocycles. The quantitative estimate of drug-likeness (QED) is 0.807. The number of amides is 1. The minimum Gasteiger partial charge on any atom is -0.375 e. The summed E-state index contributed by atoms with van der Waals surface area (Å²) < 4.78 is 7.37. The van der Waals surface area contributed by atoms with E-state index >= 15 is 0 Å².